The molecule has 20 nitrogen and oxygen atoms in total. The van der Waals surface area contributed by atoms with E-state index in [1.807, 2.05) is 264 Å². The van der Waals surface area contributed by atoms with Crippen LogP contribution in [0.1, 0.15) is 186 Å². The molecule has 12 aromatic carbocycles. The molecule has 0 amide bonds. The molecule has 0 aliphatic carbocycles. The number of pyridine rings is 4. The Kier molecular flexibility index (Phi) is 27.3. The number of carbonyl (C=O) groups is 4. The molecule has 6 atom stereocenters. The Hall–Kier alpha value is -13.9. The number of hydrogen-bond acceptors (Lipinski definition) is 16. The van der Waals surface area contributed by atoms with E-state index in [1.165, 1.54) is 11.1 Å². The molecule has 2 unspecified atom stereocenters. The topological polar surface area (TPSA) is 275 Å². The van der Waals surface area contributed by atoms with E-state index >= 15 is 0 Å². The third-order valence-electron chi connectivity index (χ3n) is 27.9. The molecule has 0 saturated carbocycles. The van der Waals surface area contributed by atoms with Gasteiger partial charge in [0.05, 0.1) is 70.9 Å². The van der Waals surface area contributed by atoms with Crippen LogP contribution in [-0.4, -0.2) is 126 Å². The van der Waals surface area contributed by atoms with E-state index < -0.39 is 84.0 Å². The minimum absolute atomic E-state index is 0.342. The third kappa shape index (κ3) is 18.4. The zero-order valence-electron chi connectivity index (χ0n) is 80.2. The van der Waals surface area contributed by atoms with Gasteiger partial charge in [0.25, 0.3) is 0 Å². The number of aliphatic carboxylic acids is 4. The highest BCUT2D eigenvalue weighted by atomic mass is 19.1. The Morgan fingerprint density at radius 3 is 0.761 bits per heavy atom. The first kappa shape index (κ1) is 95.8. The summed E-state index contributed by atoms with van der Waals surface area (Å²) < 4.78 is 76.2. The molecule has 138 heavy (non-hydrogen) atoms. The predicted octanol–water partition coefficient (Wildman–Crippen LogP) is 26.4. The summed E-state index contributed by atoms with van der Waals surface area (Å²) in [7, 11) is 0. The molecule has 4 N–H and O–H groups in total. The Morgan fingerprint density at radius 2 is 0.551 bits per heavy atom. The summed E-state index contributed by atoms with van der Waals surface area (Å²) in [6.07, 6.45) is 7.59. The fraction of sp³-hybridized carbons (Fsp3) is 0.310. The smallest absolute Gasteiger partial charge is 0.337 e. The van der Waals surface area contributed by atoms with E-state index in [1.54, 1.807) is 40.1 Å². The van der Waals surface area contributed by atoms with Gasteiger partial charge in [-0.05, 0) is 278 Å². The number of benzene rings is 12. The van der Waals surface area contributed by atoms with Gasteiger partial charge in [0, 0.05) is 117 Å². The lowest BCUT2D eigenvalue weighted by Gasteiger charge is -2.31. The number of carboxylic acid groups (broad SMARTS) is 4. The van der Waals surface area contributed by atoms with Crippen molar-refractivity contribution in [1.82, 2.24) is 19.9 Å². The standard InChI is InChI=1S/2C29H28FNO4.2C29H29NO4/c2*1-4-29(3,16-30)35-27(28(32)33)23-17(2)15-19-7-5-6-8-20(19)25(23)21-9-10-22-24-18(12-14-34-22)11-13-31-26(21)24;2*1-5-29(3,4)34-27(28(31)32)23-17(2)16-19-8-6-7-9-20(19)25(23)21-10-11-22-24-18(13-15-33-22)12-14-30-26(21)24/h2*5-11,13,15,27H,4,12,14,16H2,1-3H3,(H,32,33);2*6-12,14,16,27H,5,13,15H2,1-4H3,(H,31,32)/t2*27-,29?;2*27-/m1010/s1. The number of rotatable bonds is 26. The molecule has 0 saturated heterocycles. The molecule has 4 aliphatic rings. The highest BCUT2D eigenvalue weighted by Gasteiger charge is 2.41. The van der Waals surface area contributed by atoms with Crippen molar-refractivity contribution in [2.75, 3.05) is 39.8 Å². The molecule has 16 aromatic rings. The van der Waals surface area contributed by atoms with E-state index in [9.17, 15) is 48.4 Å². The number of aromatic nitrogens is 4. The van der Waals surface area contributed by atoms with E-state index in [2.05, 4.69) is 12.1 Å². The van der Waals surface area contributed by atoms with Crippen molar-refractivity contribution < 1.29 is 86.3 Å². The maximum atomic E-state index is 14.0. The molecule has 0 radical (unpaired) electrons. The average Bonchev–Trinajstić information content (AvgIpc) is 0.744. The van der Waals surface area contributed by atoms with Gasteiger partial charge in [-0.1, -0.05) is 149 Å². The van der Waals surface area contributed by atoms with Crippen LogP contribution in [0.15, 0.2) is 219 Å². The largest absolute Gasteiger partial charge is 0.493 e. The van der Waals surface area contributed by atoms with Crippen LogP contribution in [0.5, 0.6) is 23.0 Å². The first-order valence-corrected chi connectivity index (χ1v) is 47.3. The molecule has 0 spiro atoms. The average molecular weight is 1860 g/mol. The maximum Gasteiger partial charge on any atom is 0.337 e. The summed E-state index contributed by atoms with van der Waals surface area (Å²) in [5.74, 6) is -1.11. The summed E-state index contributed by atoms with van der Waals surface area (Å²) >= 11 is 0. The molecule has 4 aliphatic heterocycles. The van der Waals surface area contributed by atoms with Gasteiger partial charge >= 0.3 is 23.9 Å². The highest BCUT2D eigenvalue weighted by Crippen LogP contribution is 2.52. The second-order valence-corrected chi connectivity index (χ2v) is 37.9. The monoisotopic (exact) mass is 1860 g/mol. The first-order chi connectivity index (χ1) is 66.3. The molecule has 0 bridgehead atoms. The Balaban J connectivity index is 0.000000127. The number of nitrogens with zero attached hydrogens (tertiary/aromatic N) is 4. The van der Waals surface area contributed by atoms with E-state index in [0.717, 1.165) is 213 Å². The van der Waals surface area contributed by atoms with Gasteiger partial charge in [-0.3, -0.25) is 19.9 Å². The van der Waals surface area contributed by atoms with Gasteiger partial charge in [0.2, 0.25) is 0 Å². The molecule has 0 fully saturated rings. The maximum absolute atomic E-state index is 14.0. The summed E-state index contributed by atoms with van der Waals surface area (Å²) in [4.78, 5) is 69.5. The summed E-state index contributed by atoms with van der Waals surface area (Å²) in [5, 5.41) is 53.0. The fourth-order valence-corrected chi connectivity index (χ4v) is 19.7. The summed E-state index contributed by atoms with van der Waals surface area (Å²) in [6.45, 7) is 27.2. The van der Waals surface area contributed by atoms with Crippen molar-refractivity contribution in [3.63, 3.8) is 0 Å². The number of carboxylic acids is 4. The Labute approximate surface area is 800 Å². The van der Waals surface area contributed by atoms with Crippen molar-refractivity contribution in [1.29, 1.82) is 0 Å². The zero-order valence-corrected chi connectivity index (χ0v) is 80.2. The lowest BCUT2D eigenvalue weighted by atomic mass is 9.85. The van der Waals surface area contributed by atoms with Gasteiger partial charge in [0.1, 0.15) is 36.3 Å². The third-order valence-corrected chi connectivity index (χ3v) is 27.9. The minimum Gasteiger partial charge on any atom is -0.493 e. The van der Waals surface area contributed by atoms with Crippen LogP contribution in [0.25, 0.3) is 131 Å². The normalized spacial score (nSPS) is 14.9. The number of alkyl halides is 2. The quantitative estimate of drug-likeness (QED) is 0.0392. The first-order valence-electron chi connectivity index (χ1n) is 47.3. The summed E-state index contributed by atoms with van der Waals surface area (Å²) in [6, 6.07) is 63.8. The Bertz CT molecular complexity index is 7010. The zero-order chi connectivity index (χ0) is 97.6. The van der Waals surface area contributed by atoms with E-state index in [0.29, 0.717) is 74.4 Å². The molecule has 20 rings (SSSR count). The fourth-order valence-electron chi connectivity index (χ4n) is 19.7. The van der Waals surface area contributed by atoms with E-state index in [-0.39, 0.29) is 0 Å². The van der Waals surface area contributed by atoms with Crippen LogP contribution in [0.4, 0.5) is 8.78 Å². The van der Waals surface area contributed by atoms with Crippen LogP contribution < -0.4 is 18.9 Å². The van der Waals surface area contributed by atoms with Gasteiger partial charge in [-0.25, -0.2) is 28.0 Å². The number of aryl methyl sites for hydroxylation is 4. The van der Waals surface area contributed by atoms with Crippen LogP contribution in [0.3, 0.4) is 0 Å². The van der Waals surface area contributed by atoms with Gasteiger partial charge in [-0.15, -0.1) is 0 Å². The summed E-state index contributed by atoms with van der Waals surface area (Å²) in [5.41, 5.74) is 16.5. The molecule has 708 valence electrons. The lowest BCUT2D eigenvalue weighted by molar-refractivity contribution is -0.166. The molecule has 8 heterocycles. The highest BCUT2D eigenvalue weighted by molar-refractivity contribution is 6.14. The second-order valence-electron chi connectivity index (χ2n) is 37.9. The van der Waals surface area contributed by atoms with Crippen molar-refractivity contribution >= 4 is 111 Å². The molecular weight excluding hydrogens is 1740 g/mol. The van der Waals surface area contributed by atoms with Crippen molar-refractivity contribution in [2.24, 2.45) is 0 Å². The lowest BCUT2D eigenvalue weighted by Crippen LogP contribution is -2.35. The Morgan fingerprint density at radius 1 is 0.326 bits per heavy atom. The second kappa shape index (κ2) is 39.3. The molecule has 4 aromatic heterocycles. The molecule has 22 heteroatoms. The number of hydrogen-bond donors (Lipinski definition) is 4. The van der Waals surface area contributed by atoms with Crippen LogP contribution in [0.2, 0.25) is 0 Å². The van der Waals surface area contributed by atoms with E-state index in [4.69, 9.17) is 57.8 Å². The van der Waals surface area contributed by atoms with Crippen LogP contribution in [0, 0.1) is 27.7 Å². The van der Waals surface area contributed by atoms with Crippen LogP contribution >= 0.6 is 0 Å². The van der Waals surface area contributed by atoms with Crippen molar-refractivity contribution in [3.8, 4) is 67.5 Å². The number of halogens is 2. The van der Waals surface area contributed by atoms with Crippen molar-refractivity contribution in [2.45, 2.75) is 195 Å². The molecular formula is C116H114F2N4O16. The predicted molar refractivity (Wildman–Crippen MR) is 538 cm³/mol. The number of ether oxygens (including phenoxy) is 8. The van der Waals surface area contributed by atoms with Gasteiger partial charge in [0.15, 0.2) is 24.4 Å². The number of fused-ring (bicyclic) bond motifs is 4. The van der Waals surface area contributed by atoms with Crippen LogP contribution in [-0.2, 0) is 63.8 Å². The van der Waals surface area contributed by atoms with Gasteiger partial charge < -0.3 is 58.3 Å². The minimum atomic E-state index is -1.35. The van der Waals surface area contributed by atoms with Gasteiger partial charge in [-0.2, -0.15) is 0 Å². The SMILES string of the molecule is CCC(C)(C)O[C@@H](C(=O)O)c1c(C)cc2ccccc2c1-c1ccc2c3c(ccnc13)CCO2.CCC(C)(C)O[C@H](C(=O)O)c1c(C)cc2ccccc2c1-c1ccc2c3c(ccnc13)CCO2.CCC(C)(CF)O[C@@H](C(=O)O)c1c(C)cc2ccccc2c1-c1ccc2c3c(ccnc13)CCO2.CCC(C)(CF)O[C@H](C(=O)O)c1c(C)cc2ccccc2c1-c1ccc2c3c(ccnc13)CCO2. The van der Waals surface area contributed by atoms with Crippen molar-refractivity contribution in [3.05, 3.63) is 286 Å².